The average Bonchev–Trinajstić information content (AvgIpc) is 0.766. The maximum atomic E-state index is 13.3. The molecule has 44 atom stereocenters. The van der Waals surface area contributed by atoms with Gasteiger partial charge in [-0.25, -0.2) is 0 Å². The first-order valence-electron chi connectivity index (χ1n) is 34.9. The standard InChI is InChI=1S/C61H102N4O44/c1-14-31(76)42(87)46(91)57(96-14)94-13-26-48(40(85)27(53(92)97-26)62-15(2)71)104-56-30(65-18(5)74)41(86)47(24(10-70)102-56)105-61-52(109-58-45(90)32(77)19(75)11-93-58)49(106-60-51(44(89)36(81)23(9-69)101-60)108-55-29(64-17(4)73)39(84)34(79)21(7-67)99-55)37(82)25(103-61)12-95-59-50(43(88)35(80)22(8-68)100-59)107-54-28(63-16(3)72)38(83)33(78)20(6-66)98-54/h14,19-61,66-70,75-92H,6-13H2,1-5H3,(H,62,71)(H,63,72)(H,64,73)(H,65,74)/t14-,19+,20+,21+,22+,23+,24+,25+,26+,27+,28+,29+,30+,31+,32-,33+,34+,35+,36+,37+,38+,39+,40+,41+,42+,43-,44-,45+,46-,47+,48+,49-,50-,51-,52-,53-,54-,55-,56-,57+,58-,59-,60+,61-/m0/s1. The smallest absolute Gasteiger partial charge is 0.217 e. The van der Waals surface area contributed by atoms with Crippen molar-refractivity contribution in [2.45, 2.75) is 305 Å². The molecule has 27 N–H and O–H groups in total. The lowest BCUT2D eigenvalue weighted by molar-refractivity contribution is -0.411. The van der Waals surface area contributed by atoms with Crippen molar-refractivity contribution in [3.63, 3.8) is 0 Å². The molecule has 0 aromatic carbocycles. The highest BCUT2D eigenvalue weighted by molar-refractivity contribution is 5.74. The number of hydrogen-bond donors (Lipinski definition) is 27. The summed E-state index contributed by atoms with van der Waals surface area (Å²) in [5, 5.41) is 266. The summed E-state index contributed by atoms with van der Waals surface area (Å²) in [6.07, 6.45) is -82.6. The van der Waals surface area contributed by atoms with E-state index in [0.717, 1.165) is 27.7 Å². The van der Waals surface area contributed by atoms with Crippen molar-refractivity contribution in [3.8, 4) is 0 Å². The van der Waals surface area contributed by atoms with Crippen molar-refractivity contribution < 1.29 is 217 Å². The third-order valence-electron chi connectivity index (χ3n) is 19.9. The van der Waals surface area contributed by atoms with Crippen LogP contribution in [-0.2, 0) is 99.7 Å². The Labute approximate surface area is 618 Å². The van der Waals surface area contributed by atoms with E-state index in [1.165, 1.54) is 6.92 Å². The van der Waals surface area contributed by atoms with E-state index in [-0.39, 0.29) is 0 Å². The van der Waals surface area contributed by atoms with E-state index in [2.05, 4.69) is 21.3 Å². The third-order valence-corrected chi connectivity index (χ3v) is 19.9. The number of aliphatic hydroxyl groups excluding tert-OH is 23. The average molecular weight is 1600 g/mol. The second-order valence-electron chi connectivity index (χ2n) is 27.7. The van der Waals surface area contributed by atoms with Gasteiger partial charge in [-0.3, -0.25) is 19.2 Å². The summed E-state index contributed by atoms with van der Waals surface area (Å²) in [5.74, 6) is -3.57. The van der Waals surface area contributed by atoms with Crippen LogP contribution in [0.15, 0.2) is 0 Å². The molecule has 9 heterocycles. The van der Waals surface area contributed by atoms with Crippen LogP contribution >= 0.6 is 0 Å². The van der Waals surface area contributed by atoms with E-state index < -0.39 is 346 Å². The summed E-state index contributed by atoms with van der Waals surface area (Å²) < 4.78 is 102. The molecule has 9 saturated heterocycles. The van der Waals surface area contributed by atoms with Crippen LogP contribution in [0, 0.1) is 0 Å². The van der Waals surface area contributed by atoms with E-state index in [9.17, 15) is 137 Å². The molecule has 4 amide bonds. The lowest BCUT2D eigenvalue weighted by Gasteiger charge is -2.52. The van der Waals surface area contributed by atoms with E-state index in [1.807, 2.05) is 0 Å². The molecule has 9 fully saturated rings. The van der Waals surface area contributed by atoms with Crippen molar-refractivity contribution in [2.24, 2.45) is 0 Å². The molecule has 9 aliphatic rings. The van der Waals surface area contributed by atoms with Crippen LogP contribution in [0.25, 0.3) is 0 Å². The molecule has 0 radical (unpaired) electrons. The van der Waals surface area contributed by atoms with Gasteiger partial charge in [-0.05, 0) is 6.92 Å². The number of rotatable bonds is 27. The Morgan fingerprint density at radius 2 is 0.642 bits per heavy atom. The highest BCUT2D eigenvalue weighted by Gasteiger charge is 2.61. The molecule has 109 heavy (non-hydrogen) atoms. The normalized spacial score (nSPS) is 49.2. The van der Waals surface area contributed by atoms with Gasteiger partial charge in [0, 0.05) is 27.7 Å². The monoisotopic (exact) mass is 1590 g/mol. The number of aliphatic hydroxyl groups is 23. The number of carbonyl (C=O) groups is 4. The summed E-state index contributed by atoms with van der Waals surface area (Å²) in [6, 6.07) is -7.37. The molecule has 0 spiro atoms. The number of hydrogen-bond acceptors (Lipinski definition) is 44. The van der Waals surface area contributed by atoms with Crippen LogP contribution < -0.4 is 21.3 Å². The lowest BCUT2D eigenvalue weighted by Crippen LogP contribution is -2.71. The predicted octanol–water partition coefficient (Wildman–Crippen LogP) is -18.4. The molecular weight excluding hydrogens is 1490 g/mol. The Morgan fingerprint density at radius 3 is 1.14 bits per heavy atom. The predicted molar refractivity (Wildman–Crippen MR) is 336 cm³/mol. The molecule has 0 unspecified atom stereocenters. The van der Waals surface area contributed by atoms with Crippen molar-refractivity contribution >= 4 is 23.6 Å². The van der Waals surface area contributed by atoms with Crippen LogP contribution in [0.5, 0.6) is 0 Å². The summed E-state index contributed by atoms with van der Waals surface area (Å²) in [5.41, 5.74) is 0. The molecule has 0 aliphatic carbocycles. The Kier molecular flexibility index (Phi) is 31.8. The molecular formula is C61H102N4O44. The molecule has 48 heteroatoms. The van der Waals surface area contributed by atoms with E-state index in [0.29, 0.717) is 0 Å². The van der Waals surface area contributed by atoms with Crippen LogP contribution in [0.3, 0.4) is 0 Å². The maximum absolute atomic E-state index is 13.3. The van der Waals surface area contributed by atoms with Crippen molar-refractivity contribution in [1.29, 1.82) is 0 Å². The Balaban J connectivity index is 1.13. The van der Waals surface area contributed by atoms with Gasteiger partial charge in [-0.15, -0.1) is 0 Å². The van der Waals surface area contributed by atoms with Crippen LogP contribution in [0.4, 0.5) is 0 Å². The van der Waals surface area contributed by atoms with Crippen molar-refractivity contribution in [2.75, 3.05) is 52.9 Å². The van der Waals surface area contributed by atoms with Gasteiger partial charge >= 0.3 is 0 Å². The molecule has 9 aliphatic heterocycles. The SMILES string of the molecule is CC(=O)N[C@@H]1[C@@H](O)[C@H](O[C@@H]2O[C@H](CO)[C@@H](O[C@@H]3O[C@H](CO[C@H]4O[C@H](CO)[C@@H](O)[C@H](O)[C@@H]4O[C@@H]4O[C@H](CO)[C@@H](O)[C@H](O)[C@H]4NC(C)=O)[C@@H](O)[C@H](O[C@H]4O[C@H](CO)[C@@H](O)[C@H](O)[C@@H]4O[C@@H]4O[C@H](CO)[C@@H](O)[C@H](O)[C@H]4NC(C)=O)[C@@H]3O[C@@H]3OC[C@@H](O)[C@H](O)[C@H]3O)[C@H](O)[C@H]2NC(C)=O)[C@@H](CO[C@@H]2O[C@@H](C)[C@@H](O)[C@@H](O)[C@@H]2O)O[C@@H]1O. The van der Waals surface area contributed by atoms with E-state index >= 15 is 0 Å². The molecule has 9 rings (SSSR count). The number of ether oxygens (including phenoxy) is 17. The van der Waals surface area contributed by atoms with Crippen LogP contribution in [0.2, 0.25) is 0 Å². The van der Waals surface area contributed by atoms with Crippen molar-refractivity contribution in [3.05, 3.63) is 0 Å². The van der Waals surface area contributed by atoms with Gasteiger partial charge in [0.25, 0.3) is 0 Å². The van der Waals surface area contributed by atoms with Gasteiger partial charge in [-0.1, -0.05) is 0 Å². The molecule has 0 aromatic heterocycles. The molecule has 630 valence electrons. The zero-order valence-electron chi connectivity index (χ0n) is 58.9. The Hall–Kier alpha value is -3.72. The topological polar surface area (TPSA) is 739 Å². The van der Waals surface area contributed by atoms with E-state index in [1.54, 1.807) is 0 Å². The van der Waals surface area contributed by atoms with Gasteiger partial charge in [0.15, 0.2) is 56.6 Å². The van der Waals surface area contributed by atoms with Crippen LogP contribution in [0.1, 0.15) is 34.6 Å². The minimum absolute atomic E-state index is 0.838. The molecule has 0 aromatic rings. The second-order valence-corrected chi connectivity index (χ2v) is 27.7. The molecule has 48 nitrogen and oxygen atoms in total. The molecule has 0 saturated carbocycles. The largest absolute Gasteiger partial charge is 0.394 e. The quantitative estimate of drug-likeness (QED) is 0.0363. The van der Waals surface area contributed by atoms with Gasteiger partial charge in [-0.2, -0.15) is 0 Å². The highest BCUT2D eigenvalue weighted by atomic mass is 16.8. The zero-order valence-corrected chi connectivity index (χ0v) is 58.9. The zero-order chi connectivity index (χ0) is 80.2. The Bertz CT molecular complexity index is 2900. The summed E-state index contributed by atoms with van der Waals surface area (Å²) >= 11 is 0. The molecule has 0 bridgehead atoms. The summed E-state index contributed by atoms with van der Waals surface area (Å²) in [7, 11) is 0. The highest BCUT2D eigenvalue weighted by Crippen LogP contribution is 2.40. The number of nitrogens with one attached hydrogen (secondary N) is 4. The maximum Gasteiger partial charge on any atom is 0.217 e. The summed E-state index contributed by atoms with van der Waals surface area (Å²) in [4.78, 5) is 50.9. The fraction of sp³-hybridized carbons (Fsp3) is 0.934. The number of carbonyl (C=O) groups excluding carboxylic acids is 4. The first-order chi connectivity index (χ1) is 51.5. The first-order valence-corrected chi connectivity index (χ1v) is 34.9. The van der Waals surface area contributed by atoms with Crippen molar-refractivity contribution in [1.82, 2.24) is 21.3 Å². The van der Waals surface area contributed by atoms with E-state index in [4.69, 9.17) is 80.5 Å². The van der Waals surface area contributed by atoms with Gasteiger partial charge < -0.3 is 219 Å². The third kappa shape index (κ3) is 20.0. The summed E-state index contributed by atoms with van der Waals surface area (Å²) in [6.45, 7) is -3.27. The Morgan fingerprint density at radius 1 is 0.294 bits per heavy atom. The lowest BCUT2D eigenvalue weighted by atomic mass is 9.93. The number of amides is 4. The fourth-order valence-corrected chi connectivity index (χ4v) is 14.0. The minimum Gasteiger partial charge on any atom is -0.394 e. The second kappa shape index (κ2) is 38.8. The van der Waals surface area contributed by atoms with Gasteiger partial charge in [0.1, 0.15) is 207 Å². The van der Waals surface area contributed by atoms with Crippen LogP contribution in [-0.4, -0.2) is 464 Å². The fourth-order valence-electron chi connectivity index (χ4n) is 14.0. The first kappa shape index (κ1) is 89.2. The van der Waals surface area contributed by atoms with Gasteiger partial charge in [0.05, 0.1) is 59.0 Å². The minimum atomic E-state index is -2.52. The van der Waals surface area contributed by atoms with Gasteiger partial charge in [0.2, 0.25) is 23.6 Å².